The lowest BCUT2D eigenvalue weighted by atomic mass is 10.0. The predicted octanol–water partition coefficient (Wildman–Crippen LogP) is 3.30. The first-order chi connectivity index (χ1) is 11.6. The molecule has 0 saturated carbocycles. The van der Waals surface area contributed by atoms with Gasteiger partial charge in [-0.2, -0.15) is 0 Å². The molecule has 0 bridgehead atoms. The van der Waals surface area contributed by atoms with Crippen molar-refractivity contribution in [1.29, 1.82) is 0 Å². The van der Waals surface area contributed by atoms with Gasteiger partial charge in [0.1, 0.15) is 17.4 Å². The van der Waals surface area contributed by atoms with Crippen molar-refractivity contribution in [2.24, 2.45) is 0 Å². The Labute approximate surface area is 152 Å². The molecule has 0 aliphatic rings. The molecule has 1 aromatic rings. The number of carbonyl (C=O) groups excluding carboxylic acids is 3. The lowest BCUT2D eigenvalue weighted by Crippen LogP contribution is -2.44. The van der Waals surface area contributed by atoms with Gasteiger partial charge in [-0.05, 0) is 44.9 Å². The predicted molar refractivity (Wildman–Crippen MR) is 94.6 cm³/mol. The number of hydrogen-bond donors (Lipinski definition) is 1. The zero-order valence-electron chi connectivity index (χ0n) is 14.9. The molecule has 0 saturated heterocycles. The number of esters is 1. The molecular formula is C18H24ClNO5. The fourth-order valence-corrected chi connectivity index (χ4v) is 2.19. The minimum atomic E-state index is -0.936. The molecule has 0 aliphatic carbocycles. The fraction of sp³-hybridized carbons (Fsp3) is 0.500. The first-order valence-corrected chi connectivity index (χ1v) is 8.32. The van der Waals surface area contributed by atoms with Crippen LogP contribution in [0.3, 0.4) is 0 Å². The first kappa shape index (κ1) is 21.0. The van der Waals surface area contributed by atoms with E-state index in [2.05, 4.69) is 10.1 Å². The molecule has 1 unspecified atom stereocenters. The molecule has 1 rings (SSSR count). The summed E-state index contributed by atoms with van der Waals surface area (Å²) in [5.41, 5.74) is 0.152. The second kappa shape index (κ2) is 9.42. The maximum atomic E-state index is 12.1. The van der Waals surface area contributed by atoms with E-state index in [4.69, 9.17) is 16.3 Å². The van der Waals surface area contributed by atoms with Crippen molar-refractivity contribution >= 4 is 29.4 Å². The molecule has 0 aliphatic heterocycles. The number of halogens is 1. The summed E-state index contributed by atoms with van der Waals surface area (Å²) in [6.07, 6.45) is -0.235. The Bertz CT molecular complexity index is 607. The number of carbonyl (C=O) groups is 3. The van der Waals surface area contributed by atoms with Crippen LogP contribution in [-0.2, 0) is 25.5 Å². The van der Waals surface area contributed by atoms with Crippen LogP contribution >= 0.6 is 11.6 Å². The van der Waals surface area contributed by atoms with Crippen molar-refractivity contribution in [2.45, 2.75) is 51.7 Å². The molecule has 25 heavy (non-hydrogen) atoms. The topological polar surface area (TPSA) is 81.7 Å². The average molecular weight is 370 g/mol. The highest BCUT2D eigenvalue weighted by Crippen LogP contribution is 2.12. The van der Waals surface area contributed by atoms with Gasteiger partial charge in [0, 0.05) is 17.9 Å². The second-order valence-corrected chi connectivity index (χ2v) is 7.04. The average Bonchev–Trinajstić information content (AvgIpc) is 2.51. The van der Waals surface area contributed by atoms with Crippen molar-refractivity contribution in [1.82, 2.24) is 5.32 Å². The molecule has 1 aromatic carbocycles. The minimum Gasteiger partial charge on any atom is -0.467 e. The number of alkyl carbamates (subject to hydrolysis) is 1. The van der Waals surface area contributed by atoms with Gasteiger partial charge in [-0.1, -0.05) is 23.7 Å². The lowest BCUT2D eigenvalue weighted by Gasteiger charge is -2.22. The highest BCUT2D eigenvalue weighted by molar-refractivity contribution is 6.30. The van der Waals surface area contributed by atoms with E-state index in [0.29, 0.717) is 5.02 Å². The number of Topliss-reactive ketones (excluding diaryl/α,β-unsaturated/α-hetero) is 1. The highest BCUT2D eigenvalue weighted by Gasteiger charge is 2.25. The van der Waals surface area contributed by atoms with Crippen LogP contribution < -0.4 is 5.32 Å². The van der Waals surface area contributed by atoms with Crippen molar-refractivity contribution in [2.75, 3.05) is 7.11 Å². The SMILES string of the molecule is COC(=O)C(CCC(=O)Cc1ccc(Cl)cc1)NC(=O)OC(C)(C)C. The third-order valence-corrected chi connectivity index (χ3v) is 3.46. The molecule has 1 atom stereocenters. The van der Waals surface area contributed by atoms with Crippen LogP contribution in [0.4, 0.5) is 4.79 Å². The number of ether oxygens (including phenoxy) is 2. The molecule has 1 amide bonds. The van der Waals surface area contributed by atoms with E-state index in [1.54, 1.807) is 45.0 Å². The van der Waals surface area contributed by atoms with Crippen LogP contribution in [0, 0.1) is 0 Å². The van der Waals surface area contributed by atoms with E-state index in [0.717, 1.165) is 5.56 Å². The van der Waals surface area contributed by atoms with Crippen LogP contribution in [0.5, 0.6) is 0 Å². The molecule has 0 radical (unpaired) electrons. The monoisotopic (exact) mass is 369 g/mol. The van der Waals surface area contributed by atoms with Gasteiger partial charge >= 0.3 is 12.1 Å². The number of ketones is 1. The van der Waals surface area contributed by atoms with Gasteiger partial charge in [0.25, 0.3) is 0 Å². The summed E-state index contributed by atoms with van der Waals surface area (Å²) >= 11 is 5.81. The summed E-state index contributed by atoms with van der Waals surface area (Å²) in [4.78, 5) is 35.7. The zero-order chi connectivity index (χ0) is 19.0. The fourth-order valence-electron chi connectivity index (χ4n) is 2.06. The highest BCUT2D eigenvalue weighted by atomic mass is 35.5. The second-order valence-electron chi connectivity index (χ2n) is 6.60. The Morgan fingerprint density at radius 2 is 1.76 bits per heavy atom. The maximum Gasteiger partial charge on any atom is 0.408 e. The molecule has 0 fully saturated rings. The van der Waals surface area contributed by atoms with Gasteiger partial charge in [0.05, 0.1) is 7.11 Å². The Kier molecular flexibility index (Phi) is 7.90. The van der Waals surface area contributed by atoms with Crippen LogP contribution in [-0.4, -0.2) is 36.6 Å². The quantitative estimate of drug-likeness (QED) is 0.746. The Morgan fingerprint density at radius 1 is 1.16 bits per heavy atom. The van der Waals surface area contributed by atoms with E-state index in [1.807, 2.05) is 0 Å². The van der Waals surface area contributed by atoms with Gasteiger partial charge in [-0.15, -0.1) is 0 Å². The number of benzene rings is 1. The van der Waals surface area contributed by atoms with Gasteiger partial charge in [-0.3, -0.25) is 4.79 Å². The van der Waals surface area contributed by atoms with E-state index >= 15 is 0 Å². The molecule has 0 heterocycles. The normalized spacial score (nSPS) is 12.2. The summed E-state index contributed by atoms with van der Waals surface area (Å²) in [5, 5.41) is 3.05. The van der Waals surface area contributed by atoms with Crippen LogP contribution in [0.1, 0.15) is 39.2 Å². The summed E-state index contributed by atoms with van der Waals surface area (Å²) < 4.78 is 9.79. The first-order valence-electron chi connectivity index (χ1n) is 7.94. The van der Waals surface area contributed by atoms with Crippen molar-refractivity contribution in [3.05, 3.63) is 34.9 Å². The smallest absolute Gasteiger partial charge is 0.408 e. The Hall–Kier alpha value is -2.08. The summed E-state index contributed by atoms with van der Waals surface area (Å²) in [6, 6.07) is 6.04. The van der Waals surface area contributed by atoms with E-state index in [1.165, 1.54) is 7.11 Å². The molecule has 0 spiro atoms. The molecule has 7 heteroatoms. The third kappa shape index (κ3) is 8.54. The Balaban J connectivity index is 2.57. The van der Waals surface area contributed by atoms with E-state index < -0.39 is 23.7 Å². The van der Waals surface area contributed by atoms with Gasteiger partial charge in [0.15, 0.2) is 0 Å². The van der Waals surface area contributed by atoms with Crippen LogP contribution in [0.25, 0.3) is 0 Å². The molecular weight excluding hydrogens is 346 g/mol. The maximum absolute atomic E-state index is 12.1. The van der Waals surface area contributed by atoms with Crippen molar-refractivity contribution < 1.29 is 23.9 Å². The largest absolute Gasteiger partial charge is 0.467 e. The zero-order valence-corrected chi connectivity index (χ0v) is 15.7. The van der Waals surface area contributed by atoms with E-state index in [9.17, 15) is 14.4 Å². The summed E-state index contributed by atoms with van der Waals surface area (Å²) in [7, 11) is 1.22. The van der Waals surface area contributed by atoms with Crippen molar-refractivity contribution in [3.63, 3.8) is 0 Å². The number of methoxy groups -OCH3 is 1. The molecule has 138 valence electrons. The van der Waals surface area contributed by atoms with Crippen molar-refractivity contribution in [3.8, 4) is 0 Å². The Morgan fingerprint density at radius 3 is 2.28 bits per heavy atom. The number of rotatable bonds is 7. The van der Waals surface area contributed by atoms with Gasteiger partial charge in [-0.25, -0.2) is 9.59 Å². The summed E-state index contributed by atoms with van der Waals surface area (Å²) in [6.45, 7) is 5.15. The minimum absolute atomic E-state index is 0.0535. The lowest BCUT2D eigenvalue weighted by molar-refractivity contribution is -0.143. The number of nitrogens with one attached hydrogen (secondary N) is 1. The van der Waals surface area contributed by atoms with Crippen LogP contribution in [0.2, 0.25) is 5.02 Å². The standard InChI is InChI=1S/C18H24ClNO5/c1-18(2,3)25-17(23)20-15(16(22)24-4)10-9-14(21)11-12-5-7-13(19)8-6-12/h5-8,15H,9-11H2,1-4H3,(H,20,23). The molecule has 1 N–H and O–H groups in total. The number of hydrogen-bond acceptors (Lipinski definition) is 5. The third-order valence-electron chi connectivity index (χ3n) is 3.20. The molecule has 6 nitrogen and oxygen atoms in total. The van der Waals surface area contributed by atoms with Gasteiger partial charge in [0.2, 0.25) is 0 Å². The molecule has 0 aromatic heterocycles. The van der Waals surface area contributed by atoms with E-state index in [-0.39, 0.29) is 25.0 Å². The van der Waals surface area contributed by atoms with Gasteiger partial charge < -0.3 is 14.8 Å². The summed E-state index contributed by atoms with van der Waals surface area (Å²) in [5.74, 6) is -0.674. The van der Waals surface area contributed by atoms with Crippen LogP contribution in [0.15, 0.2) is 24.3 Å². The number of amides is 1.